The maximum absolute atomic E-state index is 5.41. The zero-order chi connectivity index (χ0) is 12.1. The second-order valence-electron chi connectivity index (χ2n) is 5.63. The monoisotopic (exact) mass is 272 g/mol. The van der Waals surface area contributed by atoms with Crippen LogP contribution in [-0.4, -0.2) is 10.5 Å². The van der Waals surface area contributed by atoms with Crippen molar-refractivity contribution in [3.63, 3.8) is 0 Å². The molecule has 0 amide bonds. The Balaban J connectivity index is 1.55. The summed E-state index contributed by atoms with van der Waals surface area (Å²) in [5.41, 5.74) is 2.45. The zero-order valence-corrected chi connectivity index (χ0v) is 11.8. The summed E-state index contributed by atoms with van der Waals surface area (Å²) in [6, 6.07) is 8.62. The molecule has 1 saturated heterocycles. The van der Waals surface area contributed by atoms with Crippen molar-refractivity contribution in [2.24, 2.45) is 11.8 Å². The standard InChI is InChI=1S/C16H16S2/c1-2-10-3-5-11(6-4-10)16-17-14-12-7-8-13(9-12)15(14)18-16/h1,3-6,12-16H,7-9H2. The van der Waals surface area contributed by atoms with Gasteiger partial charge in [-0.3, -0.25) is 0 Å². The molecule has 0 spiro atoms. The van der Waals surface area contributed by atoms with Gasteiger partial charge in [-0.2, -0.15) is 0 Å². The Kier molecular flexibility index (Phi) is 2.67. The van der Waals surface area contributed by atoms with E-state index in [-0.39, 0.29) is 0 Å². The highest BCUT2D eigenvalue weighted by molar-refractivity contribution is 8.20. The van der Waals surface area contributed by atoms with Crippen molar-refractivity contribution in [2.75, 3.05) is 0 Å². The van der Waals surface area contributed by atoms with Crippen molar-refractivity contribution >= 4 is 23.5 Å². The summed E-state index contributed by atoms with van der Waals surface area (Å²) in [5, 5.41) is 1.87. The largest absolute Gasteiger partial charge is 0.138 e. The molecule has 1 aromatic rings. The highest BCUT2D eigenvalue weighted by Gasteiger charge is 2.53. The van der Waals surface area contributed by atoms with E-state index >= 15 is 0 Å². The minimum Gasteiger partial charge on any atom is -0.138 e. The van der Waals surface area contributed by atoms with Crippen molar-refractivity contribution in [1.29, 1.82) is 0 Å². The molecule has 3 aliphatic rings. The Bertz CT molecular complexity index is 481. The predicted octanol–water partition coefficient (Wildman–Crippen LogP) is 4.31. The van der Waals surface area contributed by atoms with E-state index in [9.17, 15) is 0 Å². The van der Waals surface area contributed by atoms with Gasteiger partial charge in [-0.25, -0.2) is 0 Å². The summed E-state index contributed by atoms with van der Waals surface area (Å²) in [5.74, 6) is 4.74. The van der Waals surface area contributed by atoms with E-state index in [0.717, 1.165) is 27.9 Å². The van der Waals surface area contributed by atoms with Crippen molar-refractivity contribution < 1.29 is 0 Å². The Labute approximate surface area is 117 Å². The molecule has 0 nitrogen and oxygen atoms in total. The molecule has 0 aromatic heterocycles. The molecular formula is C16H16S2. The van der Waals surface area contributed by atoms with Crippen LogP contribution in [0.4, 0.5) is 0 Å². The third kappa shape index (κ3) is 1.64. The minimum atomic E-state index is 0.648. The molecule has 2 heteroatoms. The smallest absolute Gasteiger partial charge is 0.0757 e. The fraction of sp³-hybridized carbons (Fsp3) is 0.500. The van der Waals surface area contributed by atoms with Crippen LogP contribution >= 0.6 is 23.5 Å². The van der Waals surface area contributed by atoms with Gasteiger partial charge in [0.25, 0.3) is 0 Å². The highest BCUT2D eigenvalue weighted by Crippen LogP contribution is 2.65. The normalized spacial score (nSPS) is 40.7. The lowest BCUT2D eigenvalue weighted by Crippen LogP contribution is -2.22. The molecule has 92 valence electrons. The minimum absolute atomic E-state index is 0.648. The van der Waals surface area contributed by atoms with Gasteiger partial charge < -0.3 is 0 Å². The molecule has 1 heterocycles. The molecule has 4 unspecified atom stereocenters. The van der Waals surface area contributed by atoms with Gasteiger partial charge in [-0.15, -0.1) is 29.9 Å². The Morgan fingerprint density at radius 3 is 2.17 bits per heavy atom. The van der Waals surface area contributed by atoms with E-state index in [1.54, 1.807) is 0 Å². The first-order valence-electron chi connectivity index (χ1n) is 6.72. The third-order valence-electron chi connectivity index (χ3n) is 4.68. The van der Waals surface area contributed by atoms with E-state index in [4.69, 9.17) is 6.42 Å². The van der Waals surface area contributed by atoms with Gasteiger partial charge in [-0.1, -0.05) is 18.1 Å². The lowest BCUT2D eigenvalue weighted by molar-refractivity contribution is 0.508. The Hall–Kier alpha value is -0.520. The van der Waals surface area contributed by atoms with Crippen LogP contribution in [0.2, 0.25) is 0 Å². The second-order valence-corrected chi connectivity index (χ2v) is 8.51. The van der Waals surface area contributed by atoms with Crippen molar-refractivity contribution in [1.82, 2.24) is 0 Å². The van der Waals surface area contributed by atoms with Gasteiger partial charge in [0.2, 0.25) is 0 Å². The van der Waals surface area contributed by atoms with Crippen LogP contribution in [0.3, 0.4) is 0 Å². The summed E-state index contributed by atoms with van der Waals surface area (Å²) in [6.07, 6.45) is 9.90. The van der Waals surface area contributed by atoms with E-state index in [1.165, 1.54) is 24.8 Å². The number of terminal acetylenes is 1. The molecule has 2 aliphatic carbocycles. The first-order chi connectivity index (χ1) is 8.85. The van der Waals surface area contributed by atoms with Crippen molar-refractivity contribution in [3.8, 4) is 12.3 Å². The van der Waals surface area contributed by atoms with E-state index in [1.807, 2.05) is 0 Å². The molecular weight excluding hydrogens is 256 g/mol. The lowest BCUT2D eigenvalue weighted by Gasteiger charge is -2.21. The summed E-state index contributed by atoms with van der Waals surface area (Å²) >= 11 is 4.44. The summed E-state index contributed by atoms with van der Waals surface area (Å²) in [7, 11) is 0. The number of rotatable bonds is 1. The summed E-state index contributed by atoms with van der Waals surface area (Å²) < 4.78 is 0.648. The van der Waals surface area contributed by atoms with Gasteiger partial charge in [0.05, 0.1) is 4.58 Å². The number of thioether (sulfide) groups is 2. The maximum atomic E-state index is 5.41. The first-order valence-corrected chi connectivity index (χ1v) is 8.61. The van der Waals surface area contributed by atoms with Gasteiger partial charge in [0.15, 0.2) is 0 Å². The number of benzene rings is 1. The van der Waals surface area contributed by atoms with Crippen LogP contribution in [0, 0.1) is 24.2 Å². The topological polar surface area (TPSA) is 0 Å². The fourth-order valence-corrected chi connectivity index (χ4v) is 8.08. The molecule has 0 N–H and O–H groups in total. The molecule has 1 aliphatic heterocycles. The van der Waals surface area contributed by atoms with Crippen LogP contribution in [0.15, 0.2) is 24.3 Å². The molecule has 2 bridgehead atoms. The average molecular weight is 272 g/mol. The highest BCUT2D eigenvalue weighted by atomic mass is 32.2. The average Bonchev–Trinajstić information content (AvgIpc) is 3.10. The quantitative estimate of drug-likeness (QED) is 0.699. The van der Waals surface area contributed by atoms with E-state index in [2.05, 4.69) is 53.7 Å². The SMILES string of the molecule is C#Cc1ccc(C2SC3C4CCC(C4)C3S2)cc1. The van der Waals surface area contributed by atoms with E-state index < -0.39 is 0 Å². The van der Waals surface area contributed by atoms with E-state index in [0.29, 0.717) is 4.58 Å². The third-order valence-corrected chi connectivity index (χ3v) is 8.54. The van der Waals surface area contributed by atoms with Gasteiger partial charge in [-0.05, 0) is 48.8 Å². The predicted molar refractivity (Wildman–Crippen MR) is 80.7 cm³/mol. The number of hydrogen-bond donors (Lipinski definition) is 0. The molecule has 4 atom stereocenters. The second kappa shape index (κ2) is 4.25. The van der Waals surface area contributed by atoms with Crippen LogP contribution in [0.25, 0.3) is 0 Å². The van der Waals surface area contributed by atoms with Crippen LogP contribution < -0.4 is 0 Å². The number of fused-ring (bicyclic) bond motifs is 5. The zero-order valence-electron chi connectivity index (χ0n) is 10.2. The van der Waals surface area contributed by atoms with Crippen molar-refractivity contribution in [2.45, 2.75) is 34.3 Å². The Morgan fingerprint density at radius 1 is 1.00 bits per heavy atom. The fourth-order valence-electron chi connectivity index (χ4n) is 3.77. The molecule has 4 rings (SSSR count). The van der Waals surface area contributed by atoms with Gasteiger partial charge in [0.1, 0.15) is 0 Å². The molecule has 18 heavy (non-hydrogen) atoms. The van der Waals surface area contributed by atoms with Gasteiger partial charge >= 0.3 is 0 Å². The molecule has 1 aromatic carbocycles. The van der Waals surface area contributed by atoms with Crippen LogP contribution in [0.1, 0.15) is 35.0 Å². The number of hydrogen-bond acceptors (Lipinski definition) is 2. The van der Waals surface area contributed by atoms with Crippen molar-refractivity contribution in [3.05, 3.63) is 35.4 Å². The first kappa shape index (κ1) is 11.3. The summed E-state index contributed by atoms with van der Waals surface area (Å²) in [4.78, 5) is 0. The van der Waals surface area contributed by atoms with Crippen LogP contribution in [0.5, 0.6) is 0 Å². The molecule has 0 radical (unpaired) electrons. The summed E-state index contributed by atoms with van der Waals surface area (Å²) in [6.45, 7) is 0. The molecule has 3 fully saturated rings. The lowest BCUT2D eigenvalue weighted by atomic mass is 10.00. The Morgan fingerprint density at radius 2 is 1.61 bits per heavy atom. The van der Waals surface area contributed by atoms with Crippen LogP contribution in [-0.2, 0) is 0 Å². The molecule has 2 saturated carbocycles. The van der Waals surface area contributed by atoms with Gasteiger partial charge in [0, 0.05) is 16.1 Å². The maximum Gasteiger partial charge on any atom is 0.0757 e.